The van der Waals surface area contributed by atoms with Crippen molar-refractivity contribution in [1.82, 2.24) is 20.2 Å². The minimum absolute atomic E-state index is 0.0141. The van der Waals surface area contributed by atoms with E-state index >= 15 is 0 Å². The van der Waals surface area contributed by atoms with E-state index in [2.05, 4.69) is 15.6 Å². The molecule has 1 heterocycles. The van der Waals surface area contributed by atoms with Crippen LogP contribution in [0.5, 0.6) is 5.75 Å². The molecule has 37 heavy (non-hydrogen) atoms. The fraction of sp³-hybridized carbons (Fsp3) is 0.538. The summed E-state index contributed by atoms with van der Waals surface area (Å²) in [6, 6.07) is 2.96. The third-order valence-corrected chi connectivity index (χ3v) is 5.42. The van der Waals surface area contributed by atoms with E-state index in [9.17, 15) is 14.4 Å². The van der Waals surface area contributed by atoms with E-state index in [1.54, 1.807) is 44.1 Å². The molecule has 204 valence electrons. The maximum Gasteiger partial charge on any atom is 0.408 e. The predicted octanol–water partition coefficient (Wildman–Crippen LogP) is 4.01. The zero-order valence-corrected chi connectivity index (χ0v) is 22.4. The van der Waals surface area contributed by atoms with Gasteiger partial charge in [0.25, 0.3) is 0 Å². The van der Waals surface area contributed by atoms with Crippen molar-refractivity contribution in [3.05, 3.63) is 47.5 Å². The Morgan fingerprint density at radius 1 is 1.14 bits per heavy atom. The quantitative estimate of drug-likeness (QED) is 0.338. The van der Waals surface area contributed by atoms with Crippen molar-refractivity contribution in [3.8, 4) is 5.75 Å². The molecule has 0 spiro atoms. The second-order valence-electron chi connectivity index (χ2n) is 9.80. The number of benzene rings is 1. The maximum atomic E-state index is 13.2. The Labute approximate surface area is 217 Å². The highest BCUT2D eigenvalue weighted by Gasteiger charge is 2.26. The first-order valence-corrected chi connectivity index (χ1v) is 12.1. The summed E-state index contributed by atoms with van der Waals surface area (Å²) in [4.78, 5) is 40.9. The number of amides is 2. The summed E-state index contributed by atoms with van der Waals surface area (Å²) in [6.45, 7) is 9.14. The number of carbonyl (C=O) groups excluding carboxylic acids is 2. The molecule has 11 heteroatoms. The number of hydrogen-bond acceptors (Lipinski definition) is 7. The number of aryl methyl sites for hydroxylation is 2. The van der Waals surface area contributed by atoms with Crippen LogP contribution in [0, 0.1) is 13.8 Å². The number of carboxylic acids is 1. The number of hydrogen-bond donors (Lipinski definition) is 3. The Kier molecular flexibility index (Phi) is 10.9. The second-order valence-corrected chi connectivity index (χ2v) is 9.80. The van der Waals surface area contributed by atoms with Crippen molar-refractivity contribution < 1.29 is 33.7 Å². The first kappa shape index (κ1) is 29.6. The summed E-state index contributed by atoms with van der Waals surface area (Å²) in [6.07, 6.45) is 4.43. The lowest BCUT2D eigenvalue weighted by molar-refractivity contribution is -0.137. The first-order valence-electron chi connectivity index (χ1n) is 12.1. The van der Waals surface area contributed by atoms with Crippen LogP contribution in [-0.2, 0) is 19.1 Å². The van der Waals surface area contributed by atoms with Crippen LogP contribution in [0.2, 0.25) is 0 Å². The zero-order chi connectivity index (χ0) is 27.6. The molecule has 0 aliphatic heterocycles. The largest absolute Gasteiger partial charge is 0.481 e. The first-order chi connectivity index (χ1) is 17.4. The molecule has 0 fully saturated rings. The molecule has 0 radical (unpaired) electrons. The average molecular weight is 519 g/mol. The van der Waals surface area contributed by atoms with E-state index in [0.717, 1.165) is 16.7 Å². The summed E-state index contributed by atoms with van der Waals surface area (Å²) in [5, 5.41) is 14.8. The van der Waals surface area contributed by atoms with Crippen molar-refractivity contribution in [3.63, 3.8) is 0 Å². The van der Waals surface area contributed by atoms with E-state index in [1.165, 1.54) is 7.11 Å². The molecule has 2 unspecified atom stereocenters. The molecule has 11 nitrogen and oxygen atoms in total. The fourth-order valence-corrected chi connectivity index (χ4v) is 4.00. The Balaban J connectivity index is 2.28. The van der Waals surface area contributed by atoms with Crippen molar-refractivity contribution >= 4 is 18.0 Å². The van der Waals surface area contributed by atoms with Gasteiger partial charge in [-0.2, -0.15) is 0 Å². The minimum atomic E-state index is -0.902. The molecule has 0 aliphatic rings. The van der Waals surface area contributed by atoms with Crippen LogP contribution in [0.15, 0.2) is 30.9 Å². The van der Waals surface area contributed by atoms with Gasteiger partial charge in [-0.15, -0.1) is 0 Å². The maximum absolute atomic E-state index is 13.2. The van der Waals surface area contributed by atoms with Crippen LogP contribution in [-0.4, -0.2) is 52.1 Å². The Morgan fingerprint density at radius 3 is 2.35 bits per heavy atom. The van der Waals surface area contributed by atoms with Crippen LogP contribution in [0.1, 0.15) is 75.4 Å². The van der Waals surface area contributed by atoms with Gasteiger partial charge in [0.2, 0.25) is 5.91 Å². The Morgan fingerprint density at radius 2 is 1.81 bits per heavy atom. The highest BCUT2D eigenvalue weighted by atomic mass is 16.7. The summed E-state index contributed by atoms with van der Waals surface area (Å²) in [7, 11) is 1.53. The molecule has 2 aromatic rings. The van der Waals surface area contributed by atoms with Gasteiger partial charge in [0.15, 0.2) is 6.79 Å². The van der Waals surface area contributed by atoms with E-state index in [-0.39, 0.29) is 25.5 Å². The number of nitrogens with one attached hydrogen (secondary N) is 2. The van der Waals surface area contributed by atoms with Crippen molar-refractivity contribution in [1.29, 1.82) is 0 Å². The fourth-order valence-electron chi connectivity index (χ4n) is 4.00. The number of aromatic nitrogens is 2. The topological polar surface area (TPSA) is 141 Å². The summed E-state index contributed by atoms with van der Waals surface area (Å²) in [5.74, 6) is -0.616. The van der Waals surface area contributed by atoms with Crippen LogP contribution in [0.4, 0.5) is 4.79 Å². The highest BCUT2D eigenvalue weighted by molar-refractivity contribution is 5.78. The monoisotopic (exact) mass is 518 g/mol. The van der Waals surface area contributed by atoms with Gasteiger partial charge in [0.05, 0.1) is 18.8 Å². The molecule has 0 saturated heterocycles. The molecular weight excluding hydrogens is 480 g/mol. The molecule has 0 bridgehead atoms. The number of carbonyl (C=O) groups is 3. The number of nitrogens with zero attached hydrogens (tertiary/aromatic N) is 2. The number of rotatable bonds is 13. The van der Waals surface area contributed by atoms with Gasteiger partial charge in [-0.3, -0.25) is 9.59 Å². The molecule has 1 aromatic carbocycles. The van der Waals surface area contributed by atoms with E-state index < -0.39 is 29.9 Å². The van der Waals surface area contributed by atoms with Crippen LogP contribution in [0.25, 0.3) is 0 Å². The van der Waals surface area contributed by atoms with Crippen LogP contribution >= 0.6 is 0 Å². The predicted molar refractivity (Wildman–Crippen MR) is 136 cm³/mol. The lowest BCUT2D eigenvalue weighted by Gasteiger charge is -2.27. The van der Waals surface area contributed by atoms with Gasteiger partial charge >= 0.3 is 12.1 Å². The standard InChI is InChI=1S/C26H38N4O7/c1-17-12-19(36-16-35-6)13-18(2)24(17)20(28-25(34)37-26(3,4)5)14-22(31)29-21(8-7-9-23(32)33)30-11-10-27-15-30/h10-13,15,20-21H,7-9,14,16H2,1-6H3,(H,28,34)(H,29,31)(H,32,33). The number of alkyl carbamates (subject to hydrolysis) is 1. The van der Waals surface area contributed by atoms with Crippen LogP contribution in [0.3, 0.4) is 0 Å². The van der Waals surface area contributed by atoms with Crippen LogP contribution < -0.4 is 15.4 Å². The number of imidazole rings is 1. The molecule has 1 aromatic heterocycles. The lowest BCUT2D eigenvalue weighted by Crippen LogP contribution is -2.39. The molecular formula is C26H38N4O7. The van der Waals surface area contributed by atoms with E-state index in [0.29, 0.717) is 18.6 Å². The van der Waals surface area contributed by atoms with Gasteiger partial charge in [0, 0.05) is 25.9 Å². The van der Waals surface area contributed by atoms with Gasteiger partial charge in [0.1, 0.15) is 17.5 Å². The van der Waals surface area contributed by atoms with Crippen molar-refractivity contribution in [2.75, 3.05) is 13.9 Å². The molecule has 2 rings (SSSR count). The molecule has 2 amide bonds. The molecule has 0 saturated carbocycles. The zero-order valence-electron chi connectivity index (χ0n) is 22.4. The van der Waals surface area contributed by atoms with E-state index in [1.807, 2.05) is 26.0 Å². The van der Waals surface area contributed by atoms with E-state index in [4.69, 9.17) is 19.3 Å². The molecule has 3 N–H and O–H groups in total. The average Bonchev–Trinajstić information content (AvgIpc) is 3.29. The van der Waals surface area contributed by atoms with Gasteiger partial charge < -0.3 is 34.5 Å². The highest BCUT2D eigenvalue weighted by Crippen LogP contribution is 2.30. The summed E-state index contributed by atoms with van der Waals surface area (Å²) < 4.78 is 17.7. The molecule has 2 atom stereocenters. The van der Waals surface area contributed by atoms with Gasteiger partial charge in [-0.25, -0.2) is 9.78 Å². The smallest absolute Gasteiger partial charge is 0.408 e. The number of carboxylic acid groups (broad SMARTS) is 1. The van der Waals surface area contributed by atoms with Crippen molar-refractivity contribution in [2.24, 2.45) is 0 Å². The van der Waals surface area contributed by atoms with Gasteiger partial charge in [-0.1, -0.05) is 0 Å². The van der Waals surface area contributed by atoms with Gasteiger partial charge in [-0.05, 0) is 76.3 Å². The third kappa shape index (κ3) is 10.1. The number of ether oxygens (including phenoxy) is 3. The Hall–Kier alpha value is -3.60. The normalized spacial score (nSPS) is 12.9. The molecule has 0 aliphatic carbocycles. The number of methoxy groups -OCH3 is 1. The third-order valence-electron chi connectivity index (χ3n) is 5.42. The van der Waals surface area contributed by atoms with Crippen molar-refractivity contribution in [2.45, 2.75) is 78.1 Å². The SMILES string of the molecule is COCOc1cc(C)c(C(CC(=O)NC(CCCC(=O)O)n2ccnc2)NC(=O)OC(C)(C)C)c(C)c1. The lowest BCUT2D eigenvalue weighted by atomic mass is 9.93. The second kappa shape index (κ2) is 13.6. The summed E-state index contributed by atoms with van der Waals surface area (Å²) in [5.41, 5.74) is 1.71. The summed E-state index contributed by atoms with van der Waals surface area (Å²) >= 11 is 0. The number of aliphatic carboxylic acids is 1. The Bertz CT molecular complexity index is 1020. The minimum Gasteiger partial charge on any atom is -0.481 e.